The molecule has 1 aromatic carbocycles. The first-order valence-electron chi connectivity index (χ1n) is 6.90. The Balaban J connectivity index is 1.64. The summed E-state index contributed by atoms with van der Waals surface area (Å²) in [6.07, 6.45) is 4.71. The summed E-state index contributed by atoms with van der Waals surface area (Å²) in [5, 5.41) is 6.21. The van der Waals surface area contributed by atoms with Crippen LogP contribution in [-0.2, 0) is 9.59 Å². The van der Waals surface area contributed by atoms with Crippen LogP contribution in [0.1, 0.15) is 5.56 Å². The number of carbonyl (C=O) groups excluding carboxylic acids is 2. The van der Waals surface area contributed by atoms with Gasteiger partial charge in [-0.15, -0.1) is 0 Å². The molecule has 2 amide bonds. The van der Waals surface area contributed by atoms with Crippen molar-refractivity contribution in [2.75, 3.05) is 13.2 Å². The number of benzene rings is 1. The van der Waals surface area contributed by atoms with E-state index < -0.39 is 5.91 Å². The predicted molar refractivity (Wildman–Crippen MR) is 84.9 cm³/mol. The fraction of sp³-hybridized carbons (Fsp3) is 0.125. The maximum absolute atomic E-state index is 11.6. The van der Waals surface area contributed by atoms with Gasteiger partial charge in [0.2, 0.25) is 0 Å². The molecule has 0 spiro atoms. The molecule has 7 heteroatoms. The molecule has 7 nitrogen and oxygen atoms in total. The van der Waals surface area contributed by atoms with E-state index in [4.69, 9.17) is 4.74 Å². The molecule has 0 unspecified atom stereocenters. The minimum absolute atomic E-state index is 0.157. The van der Waals surface area contributed by atoms with Gasteiger partial charge in [0.15, 0.2) is 6.61 Å². The first-order valence-corrected chi connectivity index (χ1v) is 6.90. The minimum atomic E-state index is -0.432. The van der Waals surface area contributed by atoms with Crippen molar-refractivity contribution in [1.82, 2.24) is 15.7 Å². The summed E-state index contributed by atoms with van der Waals surface area (Å²) in [6.45, 7) is -0.336. The Morgan fingerprint density at radius 3 is 2.70 bits per heavy atom. The number of para-hydroxylation sites is 1. The molecular weight excluding hydrogens is 296 g/mol. The fourth-order valence-electron chi connectivity index (χ4n) is 1.57. The number of amides is 2. The molecule has 0 bridgehead atoms. The largest absolute Gasteiger partial charge is 0.484 e. The van der Waals surface area contributed by atoms with Gasteiger partial charge in [-0.2, -0.15) is 5.10 Å². The number of pyridine rings is 1. The Labute approximate surface area is 133 Å². The average molecular weight is 312 g/mol. The second-order valence-electron chi connectivity index (χ2n) is 4.46. The first-order chi connectivity index (χ1) is 11.2. The number of rotatable bonds is 7. The summed E-state index contributed by atoms with van der Waals surface area (Å²) in [6, 6.07) is 12.5. The van der Waals surface area contributed by atoms with Crippen LogP contribution < -0.4 is 15.5 Å². The third-order valence-corrected chi connectivity index (χ3v) is 2.65. The van der Waals surface area contributed by atoms with E-state index in [-0.39, 0.29) is 19.1 Å². The van der Waals surface area contributed by atoms with Gasteiger partial charge in [-0.3, -0.25) is 14.6 Å². The van der Waals surface area contributed by atoms with Gasteiger partial charge in [-0.25, -0.2) is 5.43 Å². The van der Waals surface area contributed by atoms with E-state index in [2.05, 4.69) is 20.8 Å². The van der Waals surface area contributed by atoms with Gasteiger partial charge in [0.05, 0.1) is 12.8 Å². The quantitative estimate of drug-likeness (QED) is 0.582. The summed E-state index contributed by atoms with van der Waals surface area (Å²) in [7, 11) is 0. The maximum Gasteiger partial charge on any atom is 0.259 e. The summed E-state index contributed by atoms with van der Waals surface area (Å²) in [5.74, 6) is -0.230. The summed E-state index contributed by atoms with van der Waals surface area (Å²) < 4.78 is 5.26. The Kier molecular flexibility index (Phi) is 6.27. The summed E-state index contributed by atoms with van der Waals surface area (Å²) in [4.78, 5) is 27.0. The van der Waals surface area contributed by atoms with Crippen molar-refractivity contribution in [2.24, 2.45) is 5.10 Å². The normalized spacial score (nSPS) is 10.3. The molecule has 0 aliphatic heterocycles. The van der Waals surface area contributed by atoms with Crippen molar-refractivity contribution < 1.29 is 14.3 Å². The minimum Gasteiger partial charge on any atom is -0.484 e. The van der Waals surface area contributed by atoms with E-state index in [9.17, 15) is 9.59 Å². The molecule has 0 saturated carbocycles. The third kappa shape index (κ3) is 6.38. The zero-order chi connectivity index (χ0) is 16.3. The number of hydrogen-bond donors (Lipinski definition) is 2. The van der Waals surface area contributed by atoms with Crippen molar-refractivity contribution in [1.29, 1.82) is 0 Å². The number of hydrogen-bond acceptors (Lipinski definition) is 5. The van der Waals surface area contributed by atoms with Crippen molar-refractivity contribution in [3.8, 4) is 5.75 Å². The van der Waals surface area contributed by atoms with Gasteiger partial charge in [-0.1, -0.05) is 24.3 Å². The van der Waals surface area contributed by atoms with Gasteiger partial charge in [-0.05, 0) is 18.2 Å². The van der Waals surface area contributed by atoms with E-state index in [1.807, 2.05) is 6.07 Å². The highest BCUT2D eigenvalue weighted by Gasteiger charge is 2.05. The lowest BCUT2D eigenvalue weighted by Crippen LogP contribution is -2.37. The van der Waals surface area contributed by atoms with E-state index >= 15 is 0 Å². The zero-order valence-electron chi connectivity index (χ0n) is 12.3. The Bertz CT molecular complexity index is 660. The van der Waals surface area contributed by atoms with Crippen LogP contribution in [0.2, 0.25) is 0 Å². The van der Waals surface area contributed by atoms with Gasteiger partial charge >= 0.3 is 0 Å². The van der Waals surface area contributed by atoms with Crippen molar-refractivity contribution >= 4 is 18.0 Å². The predicted octanol–water partition coefficient (Wildman–Crippen LogP) is 0.727. The lowest BCUT2D eigenvalue weighted by molar-refractivity contribution is -0.127. The summed E-state index contributed by atoms with van der Waals surface area (Å²) in [5.41, 5.74) is 3.06. The Morgan fingerprint density at radius 1 is 1.13 bits per heavy atom. The molecule has 0 saturated heterocycles. The second kappa shape index (κ2) is 8.93. The molecule has 2 N–H and O–H groups in total. The molecule has 0 atom stereocenters. The lowest BCUT2D eigenvalue weighted by atomic mass is 10.3. The van der Waals surface area contributed by atoms with E-state index in [1.165, 1.54) is 6.21 Å². The molecule has 2 rings (SSSR count). The number of nitrogens with zero attached hydrogens (tertiary/aromatic N) is 2. The van der Waals surface area contributed by atoms with Crippen LogP contribution in [0.3, 0.4) is 0 Å². The van der Waals surface area contributed by atoms with Crippen LogP contribution in [0.5, 0.6) is 5.75 Å². The maximum atomic E-state index is 11.6. The molecular formula is C16H16N4O3. The average Bonchev–Trinajstić information content (AvgIpc) is 2.60. The van der Waals surface area contributed by atoms with Gasteiger partial charge < -0.3 is 10.1 Å². The molecule has 23 heavy (non-hydrogen) atoms. The van der Waals surface area contributed by atoms with Crippen LogP contribution in [0.15, 0.2) is 60.0 Å². The smallest absolute Gasteiger partial charge is 0.259 e. The second-order valence-corrected chi connectivity index (χ2v) is 4.46. The van der Waals surface area contributed by atoms with Gasteiger partial charge in [0.1, 0.15) is 5.75 Å². The molecule has 0 aliphatic rings. The van der Waals surface area contributed by atoms with E-state index in [0.717, 1.165) is 5.56 Å². The van der Waals surface area contributed by atoms with Crippen LogP contribution in [0, 0.1) is 0 Å². The highest BCUT2D eigenvalue weighted by Crippen LogP contribution is 2.07. The summed E-state index contributed by atoms with van der Waals surface area (Å²) >= 11 is 0. The number of carbonyl (C=O) groups is 2. The SMILES string of the molecule is O=C(COc1ccccc1)NCC(=O)N/N=C\c1cccnc1. The molecule has 0 aliphatic carbocycles. The van der Waals surface area contributed by atoms with E-state index in [1.54, 1.807) is 48.8 Å². The van der Waals surface area contributed by atoms with E-state index in [0.29, 0.717) is 5.75 Å². The number of hydrazone groups is 1. The number of aromatic nitrogens is 1. The molecule has 118 valence electrons. The third-order valence-electron chi connectivity index (χ3n) is 2.65. The number of nitrogens with one attached hydrogen (secondary N) is 2. The van der Waals surface area contributed by atoms with Crippen molar-refractivity contribution in [3.63, 3.8) is 0 Å². The van der Waals surface area contributed by atoms with Crippen LogP contribution in [0.25, 0.3) is 0 Å². The topological polar surface area (TPSA) is 92.7 Å². The molecule has 0 radical (unpaired) electrons. The van der Waals surface area contributed by atoms with Crippen molar-refractivity contribution in [3.05, 3.63) is 60.4 Å². The molecule has 2 aromatic rings. The van der Waals surface area contributed by atoms with Gasteiger partial charge in [0.25, 0.3) is 11.8 Å². The van der Waals surface area contributed by atoms with Crippen LogP contribution >= 0.6 is 0 Å². The number of ether oxygens (including phenoxy) is 1. The first kappa shape index (κ1) is 16.2. The fourth-order valence-corrected chi connectivity index (χ4v) is 1.57. The Morgan fingerprint density at radius 2 is 1.96 bits per heavy atom. The highest BCUT2D eigenvalue weighted by molar-refractivity contribution is 5.86. The van der Waals surface area contributed by atoms with Crippen molar-refractivity contribution in [2.45, 2.75) is 0 Å². The Hall–Kier alpha value is -3.22. The van der Waals surface area contributed by atoms with Gasteiger partial charge in [0, 0.05) is 18.0 Å². The molecule has 1 aromatic heterocycles. The molecule has 0 fully saturated rings. The standard InChI is InChI=1S/C16H16N4O3/c21-15(20-19-10-13-5-4-8-17-9-13)11-18-16(22)12-23-14-6-2-1-3-7-14/h1-10H,11-12H2,(H,18,22)(H,20,21)/b19-10-. The lowest BCUT2D eigenvalue weighted by Gasteiger charge is -2.06. The highest BCUT2D eigenvalue weighted by atomic mass is 16.5. The van der Waals surface area contributed by atoms with Crippen LogP contribution in [0.4, 0.5) is 0 Å². The monoisotopic (exact) mass is 312 g/mol. The van der Waals surface area contributed by atoms with Crippen LogP contribution in [-0.4, -0.2) is 36.2 Å². The zero-order valence-corrected chi connectivity index (χ0v) is 12.3. The molecule has 1 heterocycles.